The van der Waals surface area contributed by atoms with Crippen molar-refractivity contribution in [3.05, 3.63) is 29.6 Å². The number of nitrogens with zero attached hydrogens (tertiary/aromatic N) is 1. The topological polar surface area (TPSA) is 62.1 Å². The highest BCUT2D eigenvalue weighted by Crippen LogP contribution is 2.38. The van der Waals surface area contributed by atoms with E-state index in [-0.39, 0.29) is 29.2 Å². The number of hydrogen-bond acceptors (Lipinski definition) is 3. The van der Waals surface area contributed by atoms with Crippen molar-refractivity contribution in [1.82, 2.24) is 0 Å². The summed E-state index contributed by atoms with van der Waals surface area (Å²) in [5.74, 6) is -0.894. The molecule has 1 aliphatic carbocycles. The Bertz CT molecular complexity index is 527. The molecule has 0 atom stereocenters. The molecule has 4 nitrogen and oxygen atoms in total. The SMILES string of the molecule is COC1(CC(=O)Nc2cccc(F)c2C#N)CCC1. The lowest BCUT2D eigenvalue weighted by Crippen LogP contribution is -2.42. The Labute approximate surface area is 111 Å². The smallest absolute Gasteiger partial charge is 0.227 e. The average Bonchev–Trinajstić information content (AvgIpc) is 2.34. The van der Waals surface area contributed by atoms with Crippen molar-refractivity contribution in [1.29, 1.82) is 5.26 Å². The van der Waals surface area contributed by atoms with Gasteiger partial charge in [0.25, 0.3) is 0 Å². The van der Waals surface area contributed by atoms with Crippen LogP contribution in [0.5, 0.6) is 0 Å². The number of hydrogen-bond donors (Lipinski definition) is 1. The van der Waals surface area contributed by atoms with Gasteiger partial charge in [-0.25, -0.2) is 4.39 Å². The number of rotatable bonds is 4. The fourth-order valence-corrected chi connectivity index (χ4v) is 2.25. The van der Waals surface area contributed by atoms with Gasteiger partial charge in [-0.1, -0.05) is 6.07 Å². The molecule has 5 heteroatoms. The number of methoxy groups -OCH3 is 1. The Morgan fingerprint density at radius 2 is 2.32 bits per heavy atom. The van der Waals surface area contributed by atoms with Crippen molar-refractivity contribution in [2.75, 3.05) is 12.4 Å². The van der Waals surface area contributed by atoms with E-state index < -0.39 is 5.82 Å². The second kappa shape index (κ2) is 5.37. The first-order chi connectivity index (χ1) is 9.10. The highest BCUT2D eigenvalue weighted by atomic mass is 19.1. The van der Waals surface area contributed by atoms with Gasteiger partial charge < -0.3 is 10.1 Å². The predicted octanol–water partition coefficient (Wildman–Crippen LogP) is 2.60. The standard InChI is InChI=1S/C14H15FN2O2/c1-19-14(6-3-7-14)8-13(18)17-12-5-2-4-11(15)10(12)9-16/h2,4-5H,3,6-8H2,1H3,(H,17,18). The number of halogens is 1. The number of nitriles is 1. The quantitative estimate of drug-likeness (QED) is 0.907. The van der Waals surface area contributed by atoms with Crippen LogP contribution in [0.2, 0.25) is 0 Å². The summed E-state index contributed by atoms with van der Waals surface area (Å²) in [7, 11) is 1.59. The lowest BCUT2D eigenvalue weighted by atomic mass is 9.77. The van der Waals surface area contributed by atoms with Crippen molar-refractivity contribution in [3.63, 3.8) is 0 Å². The molecule has 1 amide bonds. The van der Waals surface area contributed by atoms with Crippen molar-refractivity contribution in [3.8, 4) is 6.07 Å². The minimum absolute atomic E-state index is 0.143. The van der Waals surface area contributed by atoms with Crippen molar-refractivity contribution < 1.29 is 13.9 Å². The summed E-state index contributed by atoms with van der Waals surface area (Å²) in [5, 5.41) is 11.5. The van der Waals surface area contributed by atoms with E-state index in [2.05, 4.69) is 5.32 Å². The molecule has 19 heavy (non-hydrogen) atoms. The first-order valence-corrected chi connectivity index (χ1v) is 6.14. The number of amides is 1. The van der Waals surface area contributed by atoms with Gasteiger partial charge in [-0.15, -0.1) is 0 Å². The van der Waals surface area contributed by atoms with Crippen molar-refractivity contribution in [2.24, 2.45) is 0 Å². The van der Waals surface area contributed by atoms with Crippen LogP contribution in [-0.2, 0) is 9.53 Å². The second-order valence-corrected chi connectivity index (χ2v) is 4.74. The van der Waals surface area contributed by atoms with Crippen LogP contribution in [0.1, 0.15) is 31.2 Å². The van der Waals surface area contributed by atoms with Crippen LogP contribution in [0.4, 0.5) is 10.1 Å². The van der Waals surface area contributed by atoms with Crippen molar-refractivity contribution in [2.45, 2.75) is 31.3 Å². The normalized spacial score (nSPS) is 16.3. The second-order valence-electron chi connectivity index (χ2n) is 4.74. The largest absolute Gasteiger partial charge is 0.378 e. The van der Waals surface area contributed by atoms with Crippen LogP contribution in [0.3, 0.4) is 0 Å². The first kappa shape index (κ1) is 13.5. The van der Waals surface area contributed by atoms with Gasteiger partial charge in [0.15, 0.2) is 0 Å². The van der Waals surface area contributed by atoms with Crippen LogP contribution in [-0.4, -0.2) is 18.6 Å². The molecule has 0 unspecified atom stereocenters. The zero-order valence-corrected chi connectivity index (χ0v) is 10.7. The number of anilines is 1. The third-order valence-corrected chi connectivity index (χ3v) is 3.58. The van der Waals surface area contributed by atoms with E-state index in [9.17, 15) is 9.18 Å². The van der Waals surface area contributed by atoms with Crippen LogP contribution < -0.4 is 5.32 Å². The fourth-order valence-electron chi connectivity index (χ4n) is 2.25. The molecule has 0 bridgehead atoms. The molecule has 1 N–H and O–H groups in total. The maximum absolute atomic E-state index is 13.4. The molecule has 0 aliphatic heterocycles. The van der Waals surface area contributed by atoms with E-state index in [0.29, 0.717) is 0 Å². The first-order valence-electron chi connectivity index (χ1n) is 6.14. The third-order valence-electron chi connectivity index (χ3n) is 3.58. The molecule has 0 aromatic heterocycles. The molecule has 1 fully saturated rings. The van der Waals surface area contributed by atoms with E-state index in [1.807, 2.05) is 0 Å². The van der Waals surface area contributed by atoms with E-state index in [1.165, 1.54) is 18.2 Å². The summed E-state index contributed by atoms with van der Waals surface area (Å²) in [6.07, 6.45) is 2.98. The number of benzene rings is 1. The highest BCUT2D eigenvalue weighted by Gasteiger charge is 2.39. The zero-order valence-electron chi connectivity index (χ0n) is 10.7. The third kappa shape index (κ3) is 2.74. The lowest BCUT2D eigenvalue weighted by molar-refractivity contribution is -0.129. The minimum Gasteiger partial charge on any atom is -0.378 e. The maximum atomic E-state index is 13.4. The number of nitrogens with one attached hydrogen (secondary N) is 1. The molecule has 2 rings (SSSR count). The van der Waals surface area contributed by atoms with Crippen LogP contribution in [0.25, 0.3) is 0 Å². The van der Waals surface area contributed by atoms with Gasteiger partial charge in [-0.05, 0) is 31.4 Å². The molecule has 1 aromatic rings. The van der Waals surface area contributed by atoms with Gasteiger partial charge in [-0.2, -0.15) is 5.26 Å². The Kier molecular flexibility index (Phi) is 3.82. The molecule has 0 heterocycles. The molecule has 0 radical (unpaired) electrons. The summed E-state index contributed by atoms with van der Waals surface area (Å²) in [6.45, 7) is 0. The maximum Gasteiger partial charge on any atom is 0.227 e. The fraction of sp³-hybridized carbons (Fsp3) is 0.429. The Morgan fingerprint density at radius 3 is 2.84 bits per heavy atom. The number of carbonyl (C=O) groups is 1. The molecule has 1 aromatic carbocycles. The Hall–Kier alpha value is -1.93. The number of ether oxygens (including phenoxy) is 1. The number of carbonyl (C=O) groups excluding carboxylic acids is 1. The minimum atomic E-state index is -0.634. The summed E-state index contributed by atoms with van der Waals surface area (Å²) in [5.41, 5.74) is -0.321. The van der Waals surface area contributed by atoms with Gasteiger partial charge >= 0.3 is 0 Å². The molecular formula is C14H15FN2O2. The van der Waals surface area contributed by atoms with E-state index >= 15 is 0 Å². The van der Waals surface area contributed by atoms with Crippen LogP contribution >= 0.6 is 0 Å². The molecule has 0 saturated heterocycles. The summed E-state index contributed by atoms with van der Waals surface area (Å²) in [4.78, 5) is 11.9. The highest BCUT2D eigenvalue weighted by molar-refractivity contribution is 5.92. The monoisotopic (exact) mass is 262 g/mol. The van der Waals surface area contributed by atoms with Gasteiger partial charge in [0.1, 0.15) is 17.4 Å². The lowest BCUT2D eigenvalue weighted by Gasteiger charge is -2.39. The Morgan fingerprint density at radius 1 is 1.58 bits per heavy atom. The van der Waals surface area contributed by atoms with Crippen LogP contribution in [0.15, 0.2) is 18.2 Å². The van der Waals surface area contributed by atoms with Crippen molar-refractivity contribution >= 4 is 11.6 Å². The van der Waals surface area contributed by atoms with E-state index in [1.54, 1.807) is 13.2 Å². The molecule has 0 spiro atoms. The Balaban J connectivity index is 2.07. The average molecular weight is 262 g/mol. The molecule has 1 aliphatic rings. The molecular weight excluding hydrogens is 247 g/mol. The van der Waals surface area contributed by atoms with E-state index in [0.717, 1.165) is 19.3 Å². The van der Waals surface area contributed by atoms with E-state index in [4.69, 9.17) is 10.00 Å². The van der Waals surface area contributed by atoms with Gasteiger partial charge in [0.2, 0.25) is 5.91 Å². The summed E-state index contributed by atoms with van der Waals surface area (Å²) >= 11 is 0. The van der Waals surface area contributed by atoms with Gasteiger partial charge in [0.05, 0.1) is 17.7 Å². The summed E-state index contributed by atoms with van der Waals surface area (Å²) in [6, 6.07) is 5.92. The zero-order chi connectivity index (χ0) is 13.9. The summed E-state index contributed by atoms with van der Waals surface area (Å²) < 4.78 is 18.7. The molecule has 100 valence electrons. The molecule has 1 saturated carbocycles. The van der Waals surface area contributed by atoms with Crippen LogP contribution in [0, 0.1) is 17.1 Å². The van der Waals surface area contributed by atoms with Gasteiger partial charge in [0, 0.05) is 7.11 Å². The predicted molar refractivity (Wildman–Crippen MR) is 68.0 cm³/mol. The van der Waals surface area contributed by atoms with Gasteiger partial charge in [-0.3, -0.25) is 4.79 Å².